The molecule has 0 spiro atoms. The highest BCUT2D eigenvalue weighted by Gasteiger charge is 2.13. The lowest BCUT2D eigenvalue weighted by Crippen LogP contribution is -2.36. The van der Waals surface area contributed by atoms with E-state index < -0.39 is 0 Å². The molecule has 0 atom stereocenters. The largest absolute Gasteiger partial charge is 0.495 e. The summed E-state index contributed by atoms with van der Waals surface area (Å²) in [7, 11) is 5.08. The number of rotatable bonds is 7. The highest BCUT2D eigenvalue weighted by Crippen LogP contribution is 2.20. The van der Waals surface area contributed by atoms with Crippen LogP contribution in [0.4, 0.5) is 0 Å². The fourth-order valence-corrected chi connectivity index (χ4v) is 2.05. The van der Waals surface area contributed by atoms with Crippen LogP contribution in [0.5, 0.6) is 5.75 Å². The van der Waals surface area contributed by atoms with Crippen molar-refractivity contribution in [2.24, 2.45) is 0 Å². The van der Waals surface area contributed by atoms with Gasteiger partial charge in [0.2, 0.25) is 5.91 Å². The summed E-state index contributed by atoms with van der Waals surface area (Å²) in [6.07, 6.45) is 0.980. The average molecular weight is 289 g/mol. The summed E-state index contributed by atoms with van der Waals surface area (Å²) in [6, 6.07) is 7.63. The molecule has 0 N–H and O–H groups in total. The maximum Gasteiger partial charge on any atom is 0.236 e. The third-order valence-corrected chi connectivity index (χ3v) is 3.19. The molecule has 0 bridgehead atoms. The van der Waals surface area contributed by atoms with Crippen molar-refractivity contribution in [1.82, 2.24) is 9.80 Å². The van der Waals surface area contributed by atoms with Crippen LogP contribution >= 0.6 is 0 Å². The SMILES string of the molecule is CCCN(CC(=O)N(C)C)Cc1ccc(C#N)c(OC)c1. The zero-order valence-corrected chi connectivity index (χ0v) is 13.2. The summed E-state index contributed by atoms with van der Waals surface area (Å²) in [5.41, 5.74) is 1.55. The molecule has 0 aliphatic heterocycles. The lowest BCUT2D eigenvalue weighted by molar-refractivity contribution is -0.130. The van der Waals surface area contributed by atoms with E-state index in [2.05, 4.69) is 17.9 Å². The van der Waals surface area contributed by atoms with Crippen LogP contribution in [0, 0.1) is 11.3 Å². The van der Waals surface area contributed by atoms with Crippen molar-refractivity contribution in [3.05, 3.63) is 29.3 Å². The molecule has 0 aromatic heterocycles. The van der Waals surface area contributed by atoms with Crippen molar-refractivity contribution < 1.29 is 9.53 Å². The summed E-state index contributed by atoms with van der Waals surface area (Å²) in [5, 5.41) is 9.00. The van der Waals surface area contributed by atoms with Gasteiger partial charge >= 0.3 is 0 Å². The Bertz CT molecular complexity index is 521. The molecule has 5 nitrogen and oxygen atoms in total. The van der Waals surface area contributed by atoms with E-state index in [1.54, 1.807) is 32.2 Å². The second-order valence-corrected chi connectivity index (χ2v) is 5.15. The highest BCUT2D eigenvalue weighted by molar-refractivity contribution is 5.77. The number of methoxy groups -OCH3 is 1. The maximum absolute atomic E-state index is 11.9. The van der Waals surface area contributed by atoms with E-state index in [9.17, 15) is 4.79 Å². The van der Waals surface area contributed by atoms with Crippen LogP contribution in [0.1, 0.15) is 24.5 Å². The molecule has 0 fully saturated rings. The van der Waals surface area contributed by atoms with E-state index in [0.717, 1.165) is 18.5 Å². The van der Waals surface area contributed by atoms with Crippen LogP contribution in [0.15, 0.2) is 18.2 Å². The molecule has 0 aliphatic rings. The zero-order valence-electron chi connectivity index (χ0n) is 13.2. The molecule has 1 rings (SSSR count). The van der Waals surface area contributed by atoms with E-state index in [-0.39, 0.29) is 5.91 Å². The molecule has 1 aromatic rings. The number of carbonyl (C=O) groups is 1. The Balaban J connectivity index is 2.84. The molecule has 114 valence electrons. The van der Waals surface area contributed by atoms with Crippen LogP contribution in [0.3, 0.4) is 0 Å². The van der Waals surface area contributed by atoms with Gasteiger partial charge in [-0.3, -0.25) is 9.69 Å². The third-order valence-electron chi connectivity index (χ3n) is 3.19. The van der Waals surface area contributed by atoms with Crippen LogP contribution in [-0.4, -0.2) is 50.0 Å². The Hall–Kier alpha value is -2.06. The first-order valence-corrected chi connectivity index (χ1v) is 7.01. The molecule has 1 aromatic carbocycles. The Morgan fingerprint density at radius 3 is 2.62 bits per heavy atom. The lowest BCUT2D eigenvalue weighted by atomic mass is 10.1. The number of hydrogen-bond donors (Lipinski definition) is 0. The number of hydrogen-bond acceptors (Lipinski definition) is 4. The summed E-state index contributed by atoms with van der Waals surface area (Å²) in [6.45, 7) is 3.99. The number of likely N-dealkylation sites (N-methyl/N-ethyl adjacent to an activating group) is 1. The van der Waals surface area contributed by atoms with E-state index in [4.69, 9.17) is 10.00 Å². The van der Waals surface area contributed by atoms with Gasteiger partial charge in [-0.25, -0.2) is 0 Å². The minimum atomic E-state index is 0.0871. The van der Waals surface area contributed by atoms with Crippen LogP contribution in [-0.2, 0) is 11.3 Å². The van der Waals surface area contributed by atoms with E-state index in [1.165, 1.54) is 0 Å². The van der Waals surface area contributed by atoms with Gasteiger partial charge in [0.15, 0.2) is 0 Å². The molecular formula is C16H23N3O2. The number of benzene rings is 1. The number of amides is 1. The Kier molecular flexibility index (Phi) is 6.70. The first-order valence-electron chi connectivity index (χ1n) is 7.01. The maximum atomic E-state index is 11.9. The minimum Gasteiger partial charge on any atom is -0.495 e. The van der Waals surface area contributed by atoms with Gasteiger partial charge in [0, 0.05) is 20.6 Å². The number of carbonyl (C=O) groups excluding carboxylic acids is 1. The van der Waals surface area contributed by atoms with E-state index in [0.29, 0.717) is 24.4 Å². The normalized spacial score (nSPS) is 10.3. The van der Waals surface area contributed by atoms with Gasteiger partial charge in [0.25, 0.3) is 0 Å². The Morgan fingerprint density at radius 2 is 2.10 bits per heavy atom. The fourth-order valence-electron chi connectivity index (χ4n) is 2.05. The second-order valence-electron chi connectivity index (χ2n) is 5.15. The van der Waals surface area contributed by atoms with Crippen LogP contribution in [0.25, 0.3) is 0 Å². The molecule has 0 radical (unpaired) electrons. The third kappa shape index (κ3) is 5.09. The fraction of sp³-hybridized carbons (Fsp3) is 0.500. The van der Waals surface area contributed by atoms with Crippen molar-refractivity contribution in [3.63, 3.8) is 0 Å². The van der Waals surface area contributed by atoms with E-state index in [1.807, 2.05) is 12.1 Å². The molecule has 0 saturated carbocycles. The number of nitrogens with zero attached hydrogens (tertiary/aromatic N) is 3. The van der Waals surface area contributed by atoms with Crippen molar-refractivity contribution in [2.45, 2.75) is 19.9 Å². The number of ether oxygens (including phenoxy) is 1. The smallest absolute Gasteiger partial charge is 0.236 e. The predicted octanol–water partition coefficient (Wildman–Crippen LogP) is 1.87. The summed E-state index contributed by atoms with van der Waals surface area (Å²) < 4.78 is 5.22. The molecule has 0 heterocycles. The quantitative estimate of drug-likeness (QED) is 0.769. The highest BCUT2D eigenvalue weighted by atomic mass is 16.5. The second kappa shape index (κ2) is 8.28. The van der Waals surface area contributed by atoms with Crippen molar-refractivity contribution in [1.29, 1.82) is 5.26 Å². The molecule has 5 heteroatoms. The summed E-state index contributed by atoms with van der Waals surface area (Å²) >= 11 is 0. The molecule has 0 unspecified atom stereocenters. The average Bonchev–Trinajstić information content (AvgIpc) is 2.47. The summed E-state index contributed by atoms with van der Waals surface area (Å²) in [5.74, 6) is 0.662. The van der Waals surface area contributed by atoms with Gasteiger partial charge in [0.05, 0.1) is 19.2 Å². The van der Waals surface area contributed by atoms with Gasteiger partial charge in [-0.1, -0.05) is 13.0 Å². The van der Waals surface area contributed by atoms with Gasteiger partial charge in [-0.2, -0.15) is 5.26 Å². The van der Waals surface area contributed by atoms with Gasteiger partial charge in [-0.15, -0.1) is 0 Å². The standard InChI is InChI=1S/C16H23N3O2/c1-5-8-19(12-16(20)18(2)3)11-13-6-7-14(10-17)15(9-13)21-4/h6-7,9H,5,8,11-12H2,1-4H3. The van der Waals surface area contributed by atoms with Crippen LogP contribution < -0.4 is 4.74 Å². The van der Waals surface area contributed by atoms with Crippen molar-refractivity contribution in [3.8, 4) is 11.8 Å². The molecule has 21 heavy (non-hydrogen) atoms. The molecular weight excluding hydrogens is 266 g/mol. The van der Waals surface area contributed by atoms with Crippen molar-refractivity contribution in [2.75, 3.05) is 34.3 Å². The monoisotopic (exact) mass is 289 g/mol. The molecule has 1 amide bonds. The van der Waals surface area contributed by atoms with Gasteiger partial charge in [-0.05, 0) is 30.7 Å². The van der Waals surface area contributed by atoms with Gasteiger partial charge in [0.1, 0.15) is 11.8 Å². The predicted molar refractivity (Wildman–Crippen MR) is 82.0 cm³/mol. The zero-order chi connectivity index (χ0) is 15.8. The summed E-state index contributed by atoms with van der Waals surface area (Å²) in [4.78, 5) is 15.6. The van der Waals surface area contributed by atoms with Gasteiger partial charge < -0.3 is 9.64 Å². The first kappa shape index (κ1) is 17.0. The lowest BCUT2D eigenvalue weighted by Gasteiger charge is -2.23. The molecule has 0 saturated heterocycles. The Labute approximate surface area is 126 Å². The van der Waals surface area contributed by atoms with Crippen LogP contribution in [0.2, 0.25) is 0 Å². The number of nitriles is 1. The Morgan fingerprint density at radius 1 is 1.38 bits per heavy atom. The first-order chi connectivity index (χ1) is 10.0. The topological polar surface area (TPSA) is 56.6 Å². The minimum absolute atomic E-state index is 0.0871. The van der Waals surface area contributed by atoms with Crippen molar-refractivity contribution >= 4 is 5.91 Å². The molecule has 0 aliphatic carbocycles. The van der Waals surface area contributed by atoms with E-state index >= 15 is 0 Å².